The van der Waals surface area contributed by atoms with E-state index in [0.717, 1.165) is 73.9 Å². The van der Waals surface area contributed by atoms with Gasteiger partial charge in [-0.1, -0.05) is 102 Å². The molecule has 5 heterocycles. The summed E-state index contributed by atoms with van der Waals surface area (Å²) in [4.78, 5) is 20.5. The Balaban J connectivity index is 0.00000364. The zero-order valence-corrected chi connectivity index (χ0v) is 27.6. The minimum Gasteiger partial charge on any atom is -0.877 e. The molecule has 0 aliphatic carbocycles. The van der Waals surface area contributed by atoms with Crippen LogP contribution < -0.4 is 10.1 Å². The molecule has 0 spiro atoms. The third-order valence-electron chi connectivity index (χ3n) is 8.79. The van der Waals surface area contributed by atoms with E-state index in [1.807, 2.05) is 36.4 Å². The third-order valence-corrected chi connectivity index (χ3v) is 8.79. The van der Waals surface area contributed by atoms with Gasteiger partial charge < -0.3 is 10.1 Å². The van der Waals surface area contributed by atoms with Crippen LogP contribution >= 0.6 is 0 Å². The zero-order chi connectivity index (χ0) is 32.1. The minimum atomic E-state index is 0. The Bertz CT molecular complexity index is 2280. The van der Waals surface area contributed by atoms with Crippen molar-refractivity contribution >= 4 is 39.4 Å². The molecule has 0 atom stereocenters. The Hall–Kier alpha value is -5.58. The van der Waals surface area contributed by atoms with Gasteiger partial charge in [-0.15, -0.1) is 17.6 Å². The number of benzene rings is 3. The van der Waals surface area contributed by atoms with Crippen molar-refractivity contribution in [3.63, 3.8) is 0 Å². The number of fused-ring (bicyclic) bond motifs is 5. The van der Waals surface area contributed by atoms with Gasteiger partial charge in [-0.05, 0) is 85.1 Å². The van der Waals surface area contributed by atoms with Gasteiger partial charge in [-0.25, -0.2) is 15.0 Å². The molecule has 4 aliphatic heterocycles. The molecule has 4 aromatic rings. The van der Waals surface area contributed by atoms with Crippen LogP contribution in [0.1, 0.15) is 44.8 Å². The maximum Gasteiger partial charge on any atom is 2.00 e. The van der Waals surface area contributed by atoms with E-state index in [1.54, 1.807) is 0 Å². The summed E-state index contributed by atoms with van der Waals surface area (Å²) < 4.78 is 0. The van der Waals surface area contributed by atoms with E-state index in [2.05, 4.69) is 106 Å². The van der Waals surface area contributed by atoms with Crippen molar-refractivity contribution in [1.82, 2.24) is 4.98 Å². The molecule has 234 valence electrons. The quantitative estimate of drug-likeness (QED) is 0.165. The molecule has 5 nitrogen and oxygen atoms in total. The molecule has 0 unspecified atom stereocenters. The molecule has 48 heavy (non-hydrogen) atoms. The summed E-state index contributed by atoms with van der Waals surface area (Å²) >= 11 is 0. The van der Waals surface area contributed by atoms with Gasteiger partial charge in [-0.2, -0.15) is 0 Å². The summed E-state index contributed by atoms with van der Waals surface area (Å²) in [6, 6.07) is 29.1. The van der Waals surface area contributed by atoms with Gasteiger partial charge in [0.15, 0.2) is 0 Å². The van der Waals surface area contributed by atoms with Gasteiger partial charge in [-0.3, -0.25) is 0 Å². The first-order valence-corrected chi connectivity index (χ1v) is 15.7. The number of nitrogens with zero attached hydrogens (tertiary/aromatic N) is 4. The van der Waals surface area contributed by atoms with Crippen molar-refractivity contribution in [3.8, 4) is 0 Å². The maximum absolute atomic E-state index is 12.6. The van der Waals surface area contributed by atoms with Gasteiger partial charge >= 0.3 is 16.5 Å². The van der Waals surface area contributed by atoms with Gasteiger partial charge in [0.1, 0.15) is 0 Å². The van der Waals surface area contributed by atoms with E-state index in [9.17, 15) is 5.11 Å². The first-order chi connectivity index (χ1) is 22.9. The van der Waals surface area contributed by atoms with E-state index in [-0.39, 0.29) is 16.5 Å². The number of rotatable bonds is 3. The first kappa shape index (κ1) is 31.0. The van der Waals surface area contributed by atoms with Crippen LogP contribution in [0.25, 0.3) is 22.3 Å². The SMILES string of the molecule is Cc1ccc(C2=C3C=CC(=N3)C(c3ccc(C)cc3)=C3C=CC(=N3)/C(=C\[O-])c3ccc([n-]3)C(c3ccc(C)cc3)=C3C=CC2=N3)cc1.[Ni+2]. The van der Waals surface area contributed by atoms with Crippen molar-refractivity contribution in [2.75, 3.05) is 0 Å². The van der Waals surface area contributed by atoms with E-state index in [0.29, 0.717) is 17.0 Å². The molecule has 0 fully saturated rings. The third kappa shape index (κ3) is 5.55. The Morgan fingerprint density at radius 1 is 0.458 bits per heavy atom. The fourth-order valence-electron chi connectivity index (χ4n) is 6.28. The van der Waals surface area contributed by atoms with Crippen molar-refractivity contribution in [3.05, 3.63) is 190 Å². The number of aryl methyl sites for hydroxylation is 3. The van der Waals surface area contributed by atoms with Crippen molar-refractivity contribution < 1.29 is 21.6 Å². The summed E-state index contributed by atoms with van der Waals surface area (Å²) in [6.45, 7) is 6.24. The van der Waals surface area contributed by atoms with Crippen LogP contribution in [0, 0.1) is 20.8 Å². The minimum absolute atomic E-state index is 0. The molecule has 1 aromatic heterocycles. The average Bonchev–Trinajstić information content (AvgIpc) is 3.91. The predicted octanol–water partition coefficient (Wildman–Crippen LogP) is 7.90. The van der Waals surface area contributed by atoms with Crippen molar-refractivity contribution in [1.29, 1.82) is 0 Å². The van der Waals surface area contributed by atoms with E-state index < -0.39 is 0 Å². The standard InChI is InChI=1S/C42H31N4O.Ni/c1-25-4-10-28(11-5-25)40-34-18-16-32(43-34)31(24-47)33-17-19-35(44-33)41(29-12-6-26(2)7-13-29)37-21-23-39(46-37)42(38-22-20-36(40)45-38)30-14-8-27(3)9-15-30;/h4-24H,1-3H3,(H-,43,44,45,46,47);/q-1;+2/p-1. The molecule has 0 saturated carbocycles. The fraction of sp³-hybridized carbons (Fsp3) is 0.0714. The van der Waals surface area contributed by atoms with Crippen LogP contribution in [0.4, 0.5) is 0 Å². The molecule has 8 bridgehead atoms. The Morgan fingerprint density at radius 2 is 0.833 bits per heavy atom. The Labute approximate surface area is 290 Å². The van der Waals surface area contributed by atoms with Crippen LogP contribution in [-0.2, 0) is 16.5 Å². The molecule has 0 N–H and O–H groups in total. The molecule has 3 aromatic carbocycles. The van der Waals surface area contributed by atoms with E-state index >= 15 is 0 Å². The second-order valence-electron chi connectivity index (χ2n) is 12.1. The second kappa shape index (κ2) is 12.6. The first-order valence-electron chi connectivity index (χ1n) is 15.7. The van der Waals surface area contributed by atoms with Crippen LogP contribution in [0.15, 0.2) is 160 Å². The molecule has 8 rings (SSSR count). The van der Waals surface area contributed by atoms with Crippen LogP contribution in [0.5, 0.6) is 0 Å². The van der Waals surface area contributed by atoms with Gasteiger partial charge in [0.25, 0.3) is 0 Å². The predicted molar refractivity (Wildman–Crippen MR) is 191 cm³/mol. The van der Waals surface area contributed by atoms with Crippen molar-refractivity contribution in [2.24, 2.45) is 15.0 Å². The average molecular weight is 665 g/mol. The topological polar surface area (TPSA) is 74.2 Å². The largest absolute Gasteiger partial charge is 2.00 e. The number of hydrogen-bond donors (Lipinski definition) is 0. The molecule has 4 aliphatic rings. The van der Waals surface area contributed by atoms with Gasteiger partial charge in [0, 0.05) is 11.1 Å². The van der Waals surface area contributed by atoms with Crippen LogP contribution in [0.2, 0.25) is 0 Å². The summed E-state index contributed by atoms with van der Waals surface area (Å²) in [5, 5.41) is 12.6. The number of allylic oxidation sites excluding steroid dienone is 9. The Kier molecular flexibility index (Phi) is 8.12. The number of aliphatic imine (C=N–C) groups is 3. The summed E-state index contributed by atoms with van der Waals surface area (Å²) in [6.07, 6.45) is 12.9. The van der Waals surface area contributed by atoms with E-state index in [1.165, 1.54) is 16.7 Å². The maximum atomic E-state index is 12.6. The smallest absolute Gasteiger partial charge is 0.877 e. The summed E-state index contributed by atoms with van der Waals surface area (Å²) in [7, 11) is 0. The van der Waals surface area contributed by atoms with Crippen LogP contribution in [0.3, 0.4) is 0 Å². The molecular formula is C42H30N4NiO. The second-order valence-corrected chi connectivity index (χ2v) is 12.1. The molecule has 0 radical (unpaired) electrons. The van der Waals surface area contributed by atoms with Crippen molar-refractivity contribution in [2.45, 2.75) is 20.8 Å². The van der Waals surface area contributed by atoms with Gasteiger partial charge in [0.2, 0.25) is 0 Å². The monoisotopic (exact) mass is 664 g/mol. The molecule has 6 heteroatoms. The number of hydrogen-bond acceptors (Lipinski definition) is 4. The van der Waals surface area contributed by atoms with Gasteiger partial charge in [0.05, 0.1) is 34.2 Å². The van der Waals surface area contributed by atoms with E-state index in [4.69, 9.17) is 20.0 Å². The number of aromatic nitrogens is 1. The Morgan fingerprint density at radius 3 is 1.29 bits per heavy atom. The molecule has 0 amide bonds. The summed E-state index contributed by atoms with van der Waals surface area (Å²) in [5.74, 6) is 0. The normalized spacial score (nSPS) is 17.3. The zero-order valence-electron chi connectivity index (χ0n) is 26.6. The van der Waals surface area contributed by atoms with Crippen LogP contribution in [-0.4, -0.2) is 17.1 Å². The molecule has 0 saturated heterocycles. The summed E-state index contributed by atoms with van der Waals surface area (Å²) in [5.41, 5.74) is 15.6. The fourth-order valence-corrected chi connectivity index (χ4v) is 6.28. The molecular weight excluding hydrogens is 635 g/mol.